The Labute approximate surface area is 134 Å². The zero-order valence-corrected chi connectivity index (χ0v) is 12.6. The highest BCUT2D eigenvalue weighted by atomic mass is 35.5. The van der Waals surface area contributed by atoms with E-state index in [1.807, 2.05) is 0 Å². The Kier molecular flexibility index (Phi) is 4.66. The van der Waals surface area contributed by atoms with Gasteiger partial charge in [0, 0.05) is 0 Å². The monoisotopic (exact) mass is 347 g/mol. The Hall–Kier alpha value is -1.83. The Morgan fingerprint density at radius 3 is 2.24 bits per heavy atom. The summed E-state index contributed by atoms with van der Waals surface area (Å²) in [5, 5.41) is 0.301. The molecule has 110 valence electrons. The number of hydrogen-bond acceptors (Lipinski definition) is 7. The first-order valence-corrected chi connectivity index (χ1v) is 6.58. The fraction of sp³-hybridized carbons (Fsp3) is 0.0909. The number of ether oxygens (including phenoxy) is 1. The molecule has 0 aliphatic carbocycles. The number of nitrogens with two attached hydrogens (primary N) is 2. The van der Waals surface area contributed by atoms with Crippen molar-refractivity contribution in [3.8, 4) is 0 Å². The summed E-state index contributed by atoms with van der Waals surface area (Å²) in [6, 6.07) is 2.90. The van der Waals surface area contributed by atoms with E-state index in [1.165, 1.54) is 12.1 Å². The lowest BCUT2D eigenvalue weighted by Gasteiger charge is -2.08. The van der Waals surface area contributed by atoms with E-state index in [1.54, 1.807) is 0 Å². The van der Waals surface area contributed by atoms with Crippen LogP contribution in [0.1, 0.15) is 16.2 Å². The van der Waals surface area contributed by atoms with E-state index in [9.17, 15) is 4.79 Å². The van der Waals surface area contributed by atoms with Crippen LogP contribution in [0.5, 0.6) is 0 Å². The van der Waals surface area contributed by atoms with Crippen LogP contribution >= 0.6 is 34.8 Å². The minimum absolute atomic E-state index is 0.00356. The second kappa shape index (κ2) is 6.30. The van der Waals surface area contributed by atoms with E-state index >= 15 is 0 Å². The molecule has 21 heavy (non-hydrogen) atoms. The van der Waals surface area contributed by atoms with Crippen LogP contribution < -0.4 is 11.5 Å². The lowest BCUT2D eigenvalue weighted by atomic mass is 10.2. The molecule has 0 bridgehead atoms. The first-order chi connectivity index (χ1) is 9.88. The summed E-state index contributed by atoms with van der Waals surface area (Å²) in [7, 11) is 0. The molecule has 4 N–H and O–H groups in total. The van der Waals surface area contributed by atoms with Gasteiger partial charge in [-0.25, -0.2) is 4.79 Å². The third kappa shape index (κ3) is 3.63. The number of esters is 1. The largest absolute Gasteiger partial charge is 0.454 e. The van der Waals surface area contributed by atoms with Crippen molar-refractivity contribution in [3.05, 3.63) is 38.6 Å². The summed E-state index contributed by atoms with van der Waals surface area (Å²) >= 11 is 17.7. The van der Waals surface area contributed by atoms with Gasteiger partial charge in [0.2, 0.25) is 11.9 Å². The molecule has 2 aromatic rings. The van der Waals surface area contributed by atoms with Gasteiger partial charge in [-0.15, -0.1) is 0 Å². The van der Waals surface area contributed by atoms with Crippen LogP contribution in [0.15, 0.2) is 12.1 Å². The molecule has 0 atom stereocenters. The summed E-state index contributed by atoms with van der Waals surface area (Å²) in [5.41, 5.74) is 10.8. The van der Waals surface area contributed by atoms with Gasteiger partial charge in [-0.05, 0) is 12.1 Å². The fourth-order valence-electron chi connectivity index (χ4n) is 1.44. The van der Waals surface area contributed by atoms with E-state index in [0.717, 1.165) is 0 Å². The number of rotatable bonds is 3. The van der Waals surface area contributed by atoms with E-state index in [0.29, 0.717) is 0 Å². The first-order valence-electron chi connectivity index (χ1n) is 5.45. The Bertz CT molecular complexity index is 690. The number of carbonyl (C=O) groups excluding carboxylic acids is 1. The Balaban J connectivity index is 2.17. The summed E-state index contributed by atoms with van der Waals surface area (Å²) in [6.07, 6.45) is 0. The fourth-order valence-corrected chi connectivity index (χ4v) is 2.12. The lowest BCUT2D eigenvalue weighted by molar-refractivity contribution is 0.0462. The van der Waals surface area contributed by atoms with Crippen LogP contribution in [0.25, 0.3) is 0 Å². The molecule has 7 nitrogen and oxygen atoms in total. The van der Waals surface area contributed by atoms with Gasteiger partial charge >= 0.3 is 5.97 Å². The molecule has 0 spiro atoms. The van der Waals surface area contributed by atoms with Gasteiger partial charge in [-0.1, -0.05) is 34.8 Å². The molecule has 1 heterocycles. The van der Waals surface area contributed by atoms with Crippen LogP contribution in [-0.2, 0) is 11.3 Å². The maximum Gasteiger partial charge on any atom is 0.341 e. The number of nitrogen functional groups attached to an aromatic ring is 2. The highest BCUT2D eigenvalue weighted by molar-refractivity contribution is 6.46. The zero-order chi connectivity index (χ0) is 15.6. The third-order valence-corrected chi connectivity index (χ3v) is 3.42. The van der Waals surface area contributed by atoms with Gasteiger partial charge in [0.05, 0.1) is 20.6 Å². The average molecular weight is 349 g/mol. The molecule has 0 aliphatic heterocycles. The SMILES string of the molecule is Nc1nc(N)nc(COC(=O)c2c(Cl)ccc(Cl)c2Cl)n1. The van der Waals surface area contributed by atoms with Crippen molar-refractivity contribution in [2.75, 3.05) is 11.5 Å². The van der Waals surface area contributed by atoms with E-state index in [-0.39, 0.29) is 45.0 Å². The van der Waals surface area contributed by atoms with Crippen LogP contribution in [0.4, 0.5) is 11.9 Å². The van der Waals surface area contributed by atoms with Crippen molar-refractivity contribution in [1.82, 2.24) is 15.0 Å². The van der Waals surface area contributed by atoms with Crippen LogP contribution in [0, 0.1) is 0 Å². The predicted molar refractivity (Wildman–Crippen MR) is 79.2 cm³/mol. The van der Waals surface area contributed by atoms with Gasteiger partial charge in [0.25, 0.3) is 0 Å². The van der Waals surface area contributed by atoms with Crippen LogP contribution in [0.3, 0.4) is 0 Å². The number of anilines is 2. The molecule has 2 rings (SSSR count). The highest BCUT2D eigenvalue weighted by Crippen LogP contribution is 2.31. The molecule has 0 aliphatic rings. The number of aromatic nitrogens is 3. The summed E-state index contributed by atoms with van der Waals surface area (Å²) in [4.78, 5) is 23.1. The minimum atomic E-state index is -0.773. The van der Waals surface area contributed by atoms with E-state index < -0.39 is 5.97 Å². The van der Waals surface area contributed by atoms with Gasteiger partial charge in [0.15, 0.2) is 12.4 Å². The normalized spacial score (nSPS) is 10.4. The number of nitrogens with zero attached hydrogens (tertiary/aromatic N) is 3. The molecule has 10 heteroatoms. The van der Waals surface area contributed by atoms with E-state index in [4.69, 9.17) is 51.0 Å². The topological polar surface area (TPSA) is 117 Å². The van der Waals surface area contributed by atoms with Gasteiger partial charge in [-0.2, -0.15) is 15.0 Å². The number of carbonyl (C=O) groups is 1. The smallest absolute Gasteiger partial charge is 0.341 e. The maximum atomic E-state index is 12.0. The average Bonchev–Trinajstić information content (AvgIpc) is 2.40. The van der Waals surface area contributed by atoms with Gasteiger partial charge in [0.1, 0.15) is 0 Å². The molecule has 0 fully saturated rings. The molecule has 0 radical (unpaired) electrons. The summed E-state index contributed by atoms with van der Waals surface area (Å²) < 4.78 is 5.01. The van der Waals surface area contributed by atoms with Crippen LogP contribution in [-0.4, -0.2) is 20.9 Å². The second-order valence-electron chi connectivity index (χ2n) is 3.76. The summed E-state index contributed by atoms with van der Waals surface area (Å²) in [5.74, 6) is -0.826. The maximum absolute atomic E-state index is 12.0. The van der Waals surface area contributed by atoms with Gasteiger partial charge < -0.3 is 16.2 Å². The molecular weight excluding hydrogens is 341 g/mol. The van der Waals surface area contributed by atoms with Gasteiger partial charge in [-0.3, -0.25) is 0 Å². The van der Waals surface area contributed by atoms with Crippen molar-refractivity contribution < 1.29 is 9.53 Å². The predicted octanol–water partition coefficient (Wildman–Crippen LogP) is 2.35. The molecule has 1 aromatic carbocycles. The minimum Gasteiger partial charge on any atom is -0.454 e. The molecule has 0 unspecified atom stereocenters. The zero-order valence-electron chi connectivity index (χ0n) is 10.3. The number of halogens is 3. The van der Waals surface area contributed by atoms with Crippen molar-refractivity contribution in [2.45, 2.75) is 6.61 Å². The Morgan fingerprint density at radius 2 is 1.62 bits per heavy atom. The van der Waals surface area contributed by atoms with E-state index in [2.05, 4.69) is 15.0 Å². The van der Waals surface area contributed by atoms with Crippen molar-refractivity contribution in [1.29, 1.82) is 0 Å². The first kappa shape index (κ1) is 15.6. The Morgan fingerprint density at radius 1 is 1.05 bits per heavy atom. The standard InChI is InChI=1S/C11H8Cl3N5O2/c12-4-1-2-5(13)8(14)7(4)9(20)21-3-6-17-10(15)19-11(16)18-6/h1-2H,3H2,(H4,15,16,17,18,19). The molecule has 0 saturated carbocycles. The molecular formula is C11H8Cl3N5O2. The van der Waals surface area contributed by atoms with Crippen molar-refractivity contribution in [2.24, 2.45) is 0 Å². The van der Waals surface area contributed by atoms with Crippen molar-refractivity contribution >= 4 is 52.7 Å². The highest BCUT2D eigenvalue weighted by Gasteiger charge is 2.19. The number of hydrogen-bond donors (Lipinski definition) is 2. The number of benzene rings is 1. The van der Waals surface area contributed by atoms with Crippen LogP contribution in [0.2, 0.25) is 15.1 Å². The molecule has 1 aromatic heterocycles. The quantitative estimate of drug-likeness (QED) is 0.645. The molecule has 0 amide bonds. The van der Waals surface area contributed by atoms with Crippen molar-refractivity contribution in [3.63, 3.8) is 0 Å². The lowest BCUT2D eigenvalue weighted by Crippen LogP contribution is -2.11. The summed E-state index contributed by atoms with van der Waals surface area (Å²) in [6.45, 7) is -0.269. The second-order valence-corrected chi connectivity index (χ2v) is 4.95. The third-order valence-electron chi connectivity index (χ3n) is 2.30. The molecule has 0 saturated heterocycles.